The number of amides is 1. The molecule has 1 aromatic rings. The Bertz CT molecular complexity index is 621. The van der Waals surface area contributed by atoms with Gasteiger partial charge in [0, 0.05) is 16.2 Å². The van der Waals surface area contributed by atoms with E-state index in [0.717, 1.165) is 4.88 Å². The minimum absolute atomic E-state index is 0.0605. The summed E-state index contributed by atoms with van der Waals surface area (Å²) in [4.78, 5) is 23.2. The van der Waals surface area contributed by atoms with Crippen LogP contribution in [0.1, 0.15) is 22.6 Å². The summed E-state index contributed by atoms with van der Waals surface area (Å²) in [6.07, 6.45) is -0.396. The van der Waals surface area contributed by atoms with E-state index in [9.17, 15) is 18.0 Å². The van der Waals surface area contributed by atoms with Gasteiger partial charge < -0.3 is 10.8 Å². The van der Waals surface area contributed by atoms with Crippen molar-refractivity contribution in [3.63, 3.8) is 0 Å². The van der Waals surface area contributed by atoms with Crippen molar-refractivity contribution in [3.8, 4) is 0 Å². The Balaban J connectivity index is 2.94. The number of sulfonamides is 1. The van der Waals surface area contributed by atoms with E-state index >= 15 is 0 Å². The van der Waals surface area contributed by atoms with Crippen LogP contribution in [0.4, 0.5) is 0 Å². The van der Waals surface area contributed by atoms with Crippen molar-refractivity contribution in [2.24, 2.45) is 5.73 Å². The fraction of sp³-hybridized carbons (Fsp3) is 0.455. The van der Waals surface area contributed by atoms with Crippen molar-refractivity contribution in [3.05, 3.63) is 15.8 Å². The van der Waals surface area contributed by atoms with Crippen LogP contribution in [-0.2, 0) is 19.6 Å². The highest BCUT2D eigenvalue weighted by Gasteiger charge is 2.27. The first kappa shape index (κ1) is 16.6. The van der Waals surface area contributed by atoms with Crippen LogP contribution in [0, 0.1) is 13.8 Å². The lowest BCUT2D eigenvalue weighted by atomic mass is 10.2. The normalized spacial score (nSPS) is 13.1. The van der Waals surface area contributed by atoms with E-state index in [-0.39, 0.29) is 17.7 Å². The van der Waals surface area contributed by atoms with Gasteiger partial charge in [-0.1, -0.05) is 0 Å². The van der Waals surface area contributed by atoms with Gasteiger partial charge in [0.05, 0.1) is 4.90 Å². The second-order valence-electron chi connectivity index (χ2n) is 4.29. The Morgan fingerprint density at radius 3 is 2.45 bits per heavy atom. The van der Waals surface area contributed by atoms with Crippen LogP contribution >= 0.6 is 11.3 Å². The van der Waals surface area contributed by atoms with Crippen molar-refractivity contribution in [2.45, 2.75) is 37.6 Å². The van der Waals surface area contributed by atoms with Gasteiger partial charge in [0.2, 0.25) is 15.9 Å². The summed E-state index contributed by atoms with van der Waals surface area (Å²) in [5.74, 6) is -2.03. The fourth-order valence-electron chi connectivity index (χ4n) is 1.64. The number of aliphatic carboxylic acids is 1. The van der Waals surface area contributed by atoms with Gasteiger partial charge in [-0.25, -0.2) is 8.42 Å². The van der Waals surface area contributed by atoms with E-state index in [4.69, 9.17) is 10.8 Å². The van der Waals surface area contributed by atoms with Crippen LogP contribution in [0.25, 0.3) is 0 Å². The molecule has 0 aromatic carbocycles. The molecule has 1 atom stereocenters. The second kappa shape index (κ2) is 6.33. The average molecular weight is 320 g/mol. The molecule has 0 spiro atoms. The van der Waals surface area contributed by atoms with Crippen molar-refractivity contribution in [2.75, 3.05) is 0 Å². The summed E-state index contributed by atoms with van der Waals surface area (Å²) in [5.41, 5.74) is 4.94. The molecule has 0 aliphatic rings. The van der Waals surface area contributed by atoms with Crippen LogP contribution in [0.5, 0.6) is 0 Å². The Hall–Kier alpha value is -1.45. The van der Waals surface area contributed by atoms with Crippen LogP contribution in [-0.4, -0.2) is 31.4 Å². The number of carbonyl (C=O) groups excluding carboxylic acids is 1. The lowest BCUT2D eigenvalue weighted by Gasteiger charge is -2.13. The summed E-state index contributed by atoms with van der Waals surface area (Å²) in [5, 5.41) is 8.99. The molecule has 0 aliphatic heterocycles. The van der Waals surface area contributed by atoms with E-state index in [1.165, 1.54) is 17.4 Å². The van der Waals surface area contributed by atoms with Crippen molar-refractivity contribution in [1.82, 2.24) is 4.72 Å². The molecular weight excluding hydrogens is 304 g/mol. The zero-order valence-corrected chi connectivity index (χ0v) is 12.7. The van der Waals surface area contributed by atoms with Crippen molar-refractivity contribution >= 4 is 33.2 Å². The highest BCUT2D eigenvalue weighted by Crippen LogP contribution is 2.25. The number of thiophene rings is 1. The highest BCUT2D eigenvalue weighted by atomic mass is 32.2. The summed E-state index contributed by atoms with van der Waals surface area (Å²) in [6, 6.07) is 0.0992. The topological polar surface area (TPSA) is 127 Å². The molecule has 1 heterocycles. The lowest BCUT2D eigenvalue weighted by molar-refractivity contribution is -0.139. The number of aryl methyl sites for hydroxylation is 2. The standard InChI is InChI=1S/C11H16N2O5S2/c1-6-5-9(7(2)19-6)20(17,18)13-8(11(15)16)3-4-10(12)14/h5,8,13H,3-4H2,1-2H3,(H2,12,14)(H,15,16). The zero-order chi connectivity index (χ0) is 15.5. The van der Waals surface area contributed by atoms with Crippen molar-refractivity contribution in [1.29, 1.82) is 0 Å². The summed E-state index contributed by atoms with van der Waals surface area (Å²) in [7, 11) is -3.93. The molecule has 0 fully saturated rings. The molecule has 1 amide bonds. The molecule has 4 N–H and O–H groups in total. The minimum atomic E-state index is -3.93. The molecule has 1 rings (SSSR count). The van der Waals surface area contributed by atoms with E-state index in [0.29, 0.717) is 4.88 Å². The number of nitrogens with one attached hydrogen (secondary N) is 1. The van der Waals surface area contributed by atoms with Crippen LogP contribution in [0.15, 0.2) is 11.0 Å². The molecule has 0 aliphatic carbocycles. The largest absolute Gasteiger partial charge is 0.480 e. The predicted octanol–water partition coefficient (Wildman–Crippen LogP) is 0.362. The maximum atomic E-state index is 12.1. The van der Waals surface area contributed by atoms with Gasteiger partial charge in [-0.3, -0.25) is 9.59 Å². The third-order valence-electron chi connectivity index (χ3n) is 2.56. The van der Waals surface area contributed by atoms with Gasteiger partial charge in [-0.2, -0.15) is 4.72 Å². The second-order valence-corrected chi connectivity index (χ2v) is 7.44. The first-order chi connectivity index (χ1) is 9.13. The average Bonchev–Trinajstić information content (AvgIpc) is 2.64. The Morgan fingerprint density at radius 1 is 1.45 bits per heavy atom. The minimum Gasteiger partial charge on any atom is -0.480 e. The first-order valence-electron chi connectivity index (χ1n) is 5.74. The lowest BCUT2D eigenvalue weighted by Crippen LogP contribution is -2.41. The molecule has 0 bridgehead atoms. The van der Waals surface area contributed by atoms with Crippen molar-refractivity contribution < 1.29 is 23.1 Å². The third kappa shape index (κ3) is 4.29. The SMILES string of the molecule is Cc1cc(S(=O)(=O)NC(CCC(N)=O)C(=O)O)c(C)s1. The molecule has 0 saturated heterocycles. The number of hydrogen-bond acceptors (Lipinski definition) is 5. The number of rotatable bonds is 7. The molecule has 7 nitrogen and oxygen atoms in total. The number of carboxylic acid groups (broad SMARTS) is 1. The number of hydrogen-bond donors (Lipinski definition) is 3. The Labute approximate surface area is 120 Å². The summed E-state index contributed by atoms with van der Waals surface area (Å²) >= 11 is 1.31. The maximum absolute atomic E-state index is 12.1. The highest BCUT2D eigenvalue weighted by molar-refractivity contribution is 7.89. The first-order valence-corrected chi connectivity index (χ1v) is 8.04. The smallest absolute Gasteiger partial charge is 0.321 e. The fourth-order valence-corrected chi connectivity index (χ4v) is 4.42. The third-order valence-corrected chi connectivity index (χ3v) is 5.25. The van der Waals surface area contributed by atoms with Crippen LogP contribution in [0.2, 0.25) is 0 Å². The molecule has 112 valence electrons. The summed E-state index contributed by atoms with van der Waals surface area (Å²) in [6.45, 7) is 3.41. The quantitative estimate of drug-likeness (QED) is 0.668. The number of carboxylic acids is 1. The number of primary amides is 1. The molecule has 9 heteroatoms. The Morgan fingerprint density at radius 2 is 2.05 bits per heavy atom. The number of nitrogens with two attached hydrogens (primary N) is 1. The van der Waals surface area contributed by atoms with E-state index < -0.39 is 27.9 Å². The number of carbonyl (C=O) groups is 2. The van der Waals surface area contributed by atoms with Crippen LogP contribution < -0.4 is 10.5 Å². The summed E-state index contributed by atoms with van der Waals surface area (Å²) < 4.78 is 26.4. The molecule has 20 heavy (non-hydrogen) atoms. The van der Waals surface area contributed by atoms with Crippen LogP contribution in [0.3, 0.4) is 0 Å². The molecule has 0 radical (unpaired) electrons. The molecule has 1 unspecified atom stereocenters. The van der Waals surface area contributed by atoms with E-state index in [1.807, 2.05) is 0 Å². The molecular formula is C11H16N2O5S2. The van der Waals surface area contributed by atoms with E-state index in [1.54, 1.807) is 13.8 Å². The van der Waals surface area contributed by atoms with Gasteiger partial charge in [0.1, 0.15) is 6.04 Å². The van der Waals surface area contributed by atoms with Gasteiger partial charge in [-0.15, -0.1) is 11.3 Å². The van der Waals surface area contributed by atoms with Gasteiger partial charge in [0.25, 0.3) is 0 Å². The molecule has 1 aromatic heterocycles. The van der Waals surface area contributed by atoms with Gasteiger partial charge in [-0.05, 0) is 26.3 Å². The predicted molar refractivity (Wildman–Crippen MR) is 74.0 cm³/mol. The van der Waals surface area contributed by atoms with Gasteiger partial charge in [0.15, 0.2) is 0 Å². The molecule has 0 saturated carbocycles. The Kier molecular flexibility index (Phi) is 5.26. The zero-order valence-electron chi connectivity index (χ0n) is 11.0. The van der Waals surface area contributed by atoms with Gasteiger partial charge >= 0.3 is 5.97 Å². The van der Waals surface area contributed by atoms with E-state index in [2.05, 4.69) is 4.72 Å². The maximum Gasteiger partial charge on any atom is 0.321 e. The monoisotopic (exact) mass is 320 g/mol.